The molecule has 0 spiro atoms. The second-order valence-corrected chi connectivity index (χ2v) is 7.55. The zero-order valence-electron chi connectivity index (χ0n) is 9.54. The smallest absolute Gasteiger partial charge is 0.189 e. The molecule has 0 bridgehead atoms. The minimum absolute atomic E-state index is 0.0516. The fourth-order valence-corrected chi connectivity index (χ4v) is 4.40. The maximum atomic E-state index is 11.5. The summed E-state index contributed by atoms with van der Waals surface area (Å²) in [7, 11) is -2.90. The van der Waals surface area contributed by atoms with E-state index in [0.717, 1.165) is 9.84 Å². The molecule has 1 atom stereocenters. The van der Waals surface area contributed by atoms with Gasteiger partial charge in [0.2, 0.25) is 0 Å². The van der Waals surface area contributed by atoms with Gasteiger partial charge in [0.15, 0.2) is 20.3 Å². The molecule has 2 aromatic heterocycles. The van der Waals surface area contributed by atoms with Gasteiger partial charge in [0.1, 0.15) is 0 Å². The van der Waals surface area contributed by atoms with Gasteiger partial charge in [-0.2, -0.15) is 0 Å². The summed E-state index contributed by atoms with van der Waals surface area (Å²) in [6.45, 7) is 0.522. The van der Waals surface area contributed by atoms with Crippen LogP contribution in [0.15, 0.2) is 12.4 Å². The second kappa shape index (κ2) is 4.52. The largest absolute Gasteiger partial charge is 0.312 e. The molecule has 1 aliphatic heterocycles. The van der Waals surface area contributed by atoms with E-state index in [9.17, 15) is 8.42 Å². The summed E-state index contributed by atoms with van der Waals surface area (Å²) < 4.78 is 23.1. The standard InChI is InChI=1S/C10H12N4O2S2/c15-18(16)4-3-11-7(6-18)5-8-14-9-10(17-8)13-2-1-12-9/h1-2,7,11H,3-6H2. The Morgan fingerprint density at radius 3 is 3.00 bits per heavy atom. The lowest BCUT2D eigenvalue weighted by molar-refractivity contribution is 0.515. The molecule has 0 radical (unpaired) electrons. The molecule has 1 aliphatic rings. The average Bonchev–Trinajstić information content (AvgIpc) is 2.69. The third-order valence-electron chi connectivity index (χ3n) is 2.81. The fraction of sp³-hybridized carbons (Fsp3) is 0.500. The Balaban J connectivity index is 1.80. The molecule has 2 aromatic rings. The molecule has 0 amide bonds. The van der Waals surface area contributed by atoms with Crippen LogP contribution in [-0.2, 0) is 16.3 Å². The monoisotopic (exact) mass is 284 g/mol. The molecule has 1 saturated heterocycles. The van der Waals surface area contributed by atoms with Crippen molar-refractivity contribution in [2.75, 3.05) is 18.1 Å². The molecule has 1 fully saturated rings. The van der Waals surface area contributed by atoms with Gasteiger partial charge >= 0.3 is 0 Å². The van der Waals surface area contributed by atoms with E-state index < -0.39 is 9.84 Å². The molecule has 8 heteroatoms. The molecule has 1 unspecified atom stereocenters. The van der Waals surface area contributed by atoms with Crippen molar-refractivity contribution in [1.82, 2.24) is 20.3 Å². The highest BCUT2D eigenvalue weighted by molar-refractivity contribution is 7.91. The van der Waals surface area contributed by atoms with Gasteiger partial charge in [-0.25, -0.2) is 23.4 Å². The SMILES string of the molecule is O=S1(=O)CCNC(Cc2nc3nccnc3s2)C1. The molecule has 6 nitrogen and oxygen atoms in total. The third kappa shape index (κ3) is 2.50. The van der Waals surface area contributed by atoms with Crippen LogP contribution >= 0.6 is 11.3 Å². The lowest BCUT2D eigenvalue weighted by Gasteiger charge is -2.22. The zero-order valence-corrected chi connectivity index (χ0v) is 11.2. The van der Waals surface area contributed by atoms with Crippen molar-refractivity contribution in [2.24, 2.45) is 0 Å². The number of rotatable bonds is 2. The van der Waals surface area contributed by atoms with Gasteiger partial charge in [-0.3, -0.25) is 0 Å². The molecule has 18 heavy (non-hydrogen) atoms. The predicted molar refractivity (Wildman–Crippen MR) is 69.4 cm³/mol. The van der Waals surface area contributed by atoms with Gasteiger partial charge < -0.3 is 5.32 Å². The maximum Gasteiger partial charge on any atom is 0.189 e. The minimum Gasteiger partial charge on any atom is -0.312 e. The first-order valence-electron chi connectivity index (χ1n) is 5.63. The van der Waals surface area contributed by atoms with E-state index in [1.165, 1.54) is 11.3 Å². The minimum atomic E-state index is -2.90. The quantitative estimate of drug-likeness (QED) is 0.836. The van der Waals surface area contributed by atoms with Crippen LogP contribution in [0.3, 0.4) is 0 Å². The van der Waals surface area contributed by atoms with Gasteiger partial charge in [0.05, 0.1) is 16.5 Å². The van der Waals surface area contributed by atoms with Gasteiger partial charge in [0.25, 0.3) is 0 Å². The van der Waals surface area contributed by atoms with Gasteiger partial charge in [-0.1, -0.05) is 11.3 Å². The molecule has 96 valence electrons. The Morgan fingerprint density at radius 2 is 2.22 bits per heavy atom. The Bertz CT molecular complexity index is 634. The molecule has 0 aliphatic carbocycles. The number of thiazole rings is 1. The Kier molecular flexibility index (Phi) is 3.00. The van der Waals surface area contributed by atoms with Crippen molar-refractivity contribution < 1.29 is 8.42 Å². The predicted octanol–water partition coefficient (Wildman–Crippen LogP) is 0.0154. The van der Waals surface area contributed by atoms with Crippen LogP contribution in [0.25, 0.3) is 10.5 Å². The number of nitrogens with one attached hydrogen (secondary N) is 1. The lowest BCUT2D eigenvalue weighted by Crippen LogP contribution is -2.46. The van der Waals surface area contributed by atoms with E-state index in [1.54, 1.807) is 12.4 Å². The highest BCUT2D eigenvalue weighted by atomic mass is 32.2. The summed E-state index contributed by atoms with van der Waals surface area (Å²) in [6.07, 6.45) is 3.85. The number of hydrogen-bond acceptors (Lipinski definition) is 7. The average molecular weight is 284 g/mol. The van der Waals surface area contributed by atoms with E-state index in [2.05, 4.69) is 20.3 Å². The highest BCUT2D eigenvalue weighted by Crippen LogP contribution is 2.19. The first-order chi connectivity index (χ1) is 8.62. The van der Waals surface area contributed by atoms with E-state index in [4.69, 9.17) is 0 Å². The van der Waals surface area contributed by atoms with Crippen LogP contribution in [0.4, 0.5) is 0 Å². The Labute approximate surface area is 108 Å². The van der Waals surface area contributed by atoms with Crippen LogP contribution in [0, 0.1) is 0 Å². The fourth-order valence-electron chi connectivity index (χ4n) is 2.02. The molecular formula is C10H12N4O2S2. The second-order valence-electron chi connectivity index (χ2n) is 4.26. The van der Waals surface area contributed by atoms with Crippen LogP contribution in [0.5, 0.6) is 0 Å². The summed E-state index contributed by atoms with van der Waals surface area (Å²) in [6, 6.07) is -0.0516. The van der Waals surface area contributed by atoms with Crippen LogP contribution in [0.1, 0.15) is 5.01 Å². The van der Waals surface area contributed by atoms with Crippen LogP contribution in [0.2, 0.25) is 0 Å². The van der Waals surface area contributed by atoms with Crippen molar-refractivity contribution >= 4 is 31.7 Å². The summed E-state index contributed by atoms with van der Waals surface area (Å²) in [5.74, 6) is 0.413. The molecule has 3 rings (SSSR count). The highest BCUT2D eigenvalue weighted by Gasteiger charge is 2.25. The summed E-state index contributed by atoms with van der Waals surface area (Å²) in [4.78, 5) is 13.5. The first-order valence-corrected chi connectivity index (χ1v) is 8.26. The van der Waals surface area contributed by atoms with E-state index in [0.29, 0.717) is 18.6 Å². The molecule has 0 saturated carbocycles. The first kappa shape index (κ1) is 11.9. The van der Waals surface area contributed by atoms with Crippen LogP contribution in [-0.4, -0.2) is 47.5 Å². The summed E-state index contributed by atoms with van der Waals surface area (Å²) in [5, 5.41) is 4.09. The van der Waals surface area contributed by atoms with Gasteiger partial charge in [0, 0.05) is 31.4 Å². The topological polar surface area (TPSA) is 84.8 Å². The number of hydrogen-bond donors (Lipinski definition) is 1. The van der Waals surface area contributed by atoms with E-state index in [1.807, 2.05) is 0 Å². The van der Waals surface area contributed by atoms with E-state index in [-0.39, 0.29) is 17.5 Å². The number of fused-ring (bicyclic) bond motifs is 1. The number of sulfone groups is 1. The third-order valence-corrected chi connectivity index (χ3v) is 5.53. The van der Waals surface area contributed by atoms with Crippen molar-refractivity contribution in [3.05, 3.63) is 17.4 Å². The number of aromatic nitrogens is 3. The van der Waals surface area contributed by atoms with Gasteiger partial charge in [-0.05, 0) is 0 Å². The lowest BCUT2D eigenvalue weighted by atomic mass is 10.2. The van der Waals surface area contributed by atoms with Crippen molar-refractivity contribution in [2.45, 2.75) is 12.5 Å². The van der Waals surface area contributed by atoms with Crippen molar-refractivity contribution in [1.29, 1.82) is 0 Å². The van der Waals surface area contributed by atoms with Gasteiger partial charge in [-0.15, -0.1) is 0 Å². The summed E-state index contributed by atoms with van der Waals surface area (Å²) in [5.41, 5.74) is 0.635. The van der Waals surface area contributed by atoms with E-state index >= 15 is 0 Å². The molecule has 0 aromatic carbocycles. The normalized spacial score (nSPS) is 23.2. The Morgan fingerprint density at radius 1 is 1.39 bits per heavy atom. The zero-order chi connectivity index (χ0) is 12.6. The van der Waals surface area contributed by atoms with Crippen molar-refractivity contribution in [3.8, 4) is 0 Å². The Hall–Kier alpha value is -1.12. The summed E-state index contributed by atoms with van der Waals surface area (Å²) >= 11 is 1.47. The maximum absolute atomic E-state index is 11.5. The van der Waals surface area contributed by atoms with Crippen LogP contribution < -0.4 is 5.32 Å². The molecule has 1 N–H and O–H groups in total. The number of nitrogens with zero attached hydrogens (tertiary/aromatic N) is 3. The molecule has 3 heterocycles. The van der Waals surface area contributed by atoms with Crippen molar-refractivity contribution in [3.63, 3.8) is 0 Å². The molecular weight excluding hydrogens is 272 g/mol.